The van der Waals surface area contributed by atoms with Crippen molar-refractivity contribution in [3.63, 3.8) is 0 Å². The fraction of sp³-hybridized carbons (Fsp3) is 0.429. The Morgan fingerprint density at radius 3 is 3.11 bits per heavy atom. The molecule has 1 amide bonds. The largest absolute Gasteiger partial charge is 0.393 e. The number of aromatic nitrogens is 2. The van der Waals surface area contributed by atoms with Crippen LogP contribution in [0.25, 0.3) is 5.52 Å². The van der Waals surface area contributed by atoms with Crippen molar-refractivity contribution in [3.8, 4) is 0 Å². The molecule has 2 aromatic rings. The smallest absolute Gasteiger partial charge is 0.257 e. The van der Waals surface area contributed by atoms with E-state index in [4.69, 9.17) is 0 Å². The number of carbonyl (C=O) groups excluding carboxylic acids is 1. The van der Waals surface area contributed by atoms with E-state index < -0.39 is 0 Å². The fourth-order valence-corrected chi connectivity index (χ4v) is 2.64. The number of aliphatic hydroxyl groups excluding tert-OH is 1. The molecule has 2 atom stereocenters. The van der Waals surface area contributed by atoms with Crippen molar-refractivity contribution in [2.45, 2.75) is 19.4 Å². The van der Waals surface area contributed by atoms with Crippen LogP contribution in [-0.2, 0) is 0 Å². The number of fused-ring (bicyclic) bond motifs is 1. The maximum absolute atomic E-state index is 12.5. The maximum atomic E-state index is 12.5. The number of hydrogen-bond donors (Lipinski definition) is 1. The van der Waals surface area contributed by atoms with Gasteiger partial charge in [-0.15, -0.1) is 0 Å². The number of hydrogen-bond acceptors (Lipinski definition) is 3. The lowest BCUT2D eigenvalue weighted by Crippen LogP contribution is -2.30. The first-order valence-corrected chi connectivity index (χ1v) is 6.56. The standard InChI is InChI=1S/C14H17N3O2/c1-10(18)11-5-7-16(9-11)14(19)12-8-15-17-6-3-2-4-13(12)17/h2-4,6,8,10-11,18H,5,7,9H2,1H3. The van der Waals surface area contributed by atoms with E-state index in [0.29, 0.717) is 18.7 Å². The highest BCUT2D eigenvalue weighted by atomic mass is 16.3. The summed E-state index contributed by atoms with van der Waals surface area (Å²) in [6.07, 6.45) is 3.95. The van der Waals surface area contributed by atoms with Gasteiger partial charge in [0.25, 0.3) is 5.91 Å². The van der Waals surface area contributed by atoms with Crippen LogP contribution < -0.4 is 0 Å². The van der Waals surface area contributed by atoms with Crippen LogP contribution in [0.3, 0.4) is 0 Å². The van der Waals surface area contributed by atoms with E-state index in [1.54, 1.807) is 22.5 Å². The van der Waals surface area contributed by atoms with Crippen LogP contribution in [0.5, 0.6) is 0 Å². The predicted molar refractivity (Wildman–Crippen MR) is 70.9 cm³/mol. The summed E-state index contributed by atoms with van der Waals surface area (Å²) >= 11 is 0. The van der Waals surface area contributed by atoms with Crippen molar-refractivity contribution >= 4 is 11.4 Å². The molecule has 5 heteroatoms. The third-order valence-corrected chi connectivity index (χ3v) is 3.85. The Bertz CT molecular complexity index is 606. The molecular formula is C14H17N3O2. The van der Waals surface area contributed by atoms with E-state index in [2.05, 4.69) is 5.10 Å². The zero-order valence-electron chi connectivity index (χ0n) is 10.9. The van der Waals surface area contributed by atoms with Gasteiger partial charge in [-0.2, -0.15) is 5.10 Å². The highest BCUT2D eigenvalue weighted by molar-refractivity contribution is 6.00. The summed E-state index contributed by atoms with van der Waals surface area (Å²) < 4.78 is 1.70. The van der Waals surface area contributed by atoms with E-state index in [1.807, 2.05) is 24.4 Å². The SMILES string of the molecule is CC(O)C1CCN(C(=O)c2cnn3ccccc23)C1. The van der Waals surface area contributed by atoms with Crippen molar-refractivity contribution in [2.24, 2.45) is 5.92 Å². The lowest BCUT2D eigenvalue weighted by molar-refractivity contribution is 0.0764. The molecule has 0 bridgehead atoms. The predicted octanol–water partition coefficient (Wildman–Crippen LogP) is 1.18. The van der Waals surface area contributed by atoms with Crippen LogP contribution in [0, 0.1) is 5.92 Å². The Balaban J connectivity index is 1.85. The summed E-state index contributed by atoms with van der Waals surface area (Å²) in [5.74, 6) is 0.190. The van der Waals surface area contributed by atoms with Gasteiger partial charge in [-0.1, -0.05) is 6.07 Å². The molecule has 19 heavy (non-hydrogen) atoms. The topological polar surface area (TPSA) is 57.8 Å². The second-order valence-electron chi connectivity index (χ2n) is 5.13. The van der Waals surface area contributed by atoms with Gasteiger partial charge in [-0.25, -0.2) is 4.52 Å². The van der Waals surface area contributed by atoms with Gasteiger partial charge in [-0.3, -0.25) is 4.79 Å². The van der Waals surface area contributed by atoms with Gasteiger partial charge >= 0.3 is 0 Å². The van der Waals surface area contributed by atoms with Crippen LogP contribution >= 0.6 is 0 Å². The average Bonchev–Trinajstić information content (AvgIpc) is 3.05. The summed E-state index contributed by atoms with van der Waals surface area (Å²) in [5, 5.41) is 13.8. The first kappa shape index (κ1) is 12.2. The summed E-state index contributed by atoms with van der Waals surface area (Å²) in [6.45, 7) is 3.12. The van der Waals surface area contributed by atoms with E-state index in [-0.39, 0.29) is 17.9 Å². The Hall–Kier alpha value is -1.88. The zero-order chi connectivity index (χ0) is 13.4. The second kappa shape index (κ2) is 4.66. The molecule has 0 spiro atoms. The van der Waals surface area contributed by atoms with E-state index >= 15 is 0 Å². The van der Waals surface area contributed by atoms with Gasteiger partial charge in [0, 0.05) is 25.2 Å². The minimum absolute atomic E-state index is 0.00403. The molecule has 0 aromatic carbocycles. The van der Waals surface area contributed by atoms with Crippen LogP contribution in [0.15, 0.2) is 30.6 Å². The van der Waals surface area contributed by atoms with Gasteiger partial charge in [0.15, 0.2) is 0 Å². The maximum Gasteiger partial charge on any atom is 0.257 e. The van der Waals surface area contributed by atoms with E-state index in [9.17, 15) is 9.90 Å². The monoisotopic (exact) mass is 259 g/mol. The molecule has 0 radical (unpaired) electrons. The molecule has 1 fully saturated rings. The molecule has 1 N–H and O–H groups in total. The minimum Gasteiger partial charge on any atom is -0.393 e. The van der Waals surface area contributed by atoms with Gasteiger partial charge < -0.3 is 10.0 Å². The van der Waals surface area contributed by atoms with Crippen LogP contribution in [-0.4, -0.2) is 44.7 Å². The van der Waals surface area contributed by atoms with E-state index in [0.717, 1.165) is 11.9 Å². The van der Waals surface area contributed by atoms with Crippen molar-refractivity contribution < 1.29 is 9.90 Å². The minimum atomic E-state index is -0.360. The highest BCUT2D eigenvalue weighted by Gasteiger charge is 2.30. The van der Waals surface area contributed by atoms with Crippen molar-refractivity contribution in [1.82, 2.24) is 14.5 Å². The molecule has 1 saturated heterocycles. The molecular weight excluding hydrogens is 242 g/mol. The molecule has 5 nitrogen and oxygen atoms in total. The average molecular weight is 259 g/mol. The Morgan fingerprint density at radius 2 is 2.37 bits per heavy atom. The van der Waals surface area contributed by atoms with Gasteiger partial charge in [-0.05, 0) is 25.5 Å². The lowest BCUT2D eigenvalue weighted by Gasteiger charge is -2.17. The molecule has 2 aromatic heterocycles. The molecule has 100 valence electrons. The fourth-order valence-electron chi connectivity index (χ4n) is 2.64. The lowest BCUT2D eigenvalue weighted by atomic mass is 10.0. The molecule has 1 aliphatic rings. The number of amides is 1. The summed E-state index contributed by atoms with van der Waals surface area (Å²) in [5.41, 5.74) is 1.46. The zero-order valence-corrected chi connectivity index (χ0v) is 10.9. The number of carbonyl (C=O) groups is 1. The summed E-state index contributed by atoms with van der Waals surface area (Å²) in [7, 11) is 0. The third kappa shape index (κ3) is 2.10. The third-order valence-electron chi connectivity index (χ3n) is 3.85. The number of likely N-dealkylation sites (tertiary alicyclic amines) is 1. The van der Waals surface area contributed by atoms with Crippen LogP contribution in [0.2, 0.25) is 0 Å². The van der Waals surface area contributed by atoms with Gasteiger partial charge in [0.05, 0.1) is 23.4 Å². The van der Waals surface area contributed by atoms with Crippen molar-refractivity contribution in [2.75, 3.05) is 13.1 Å². The molecule has 0 aliphatic carbocycles. The first-order valence-electron chi connectivity index (χ1n) is 6.56. The molecule has 3 rings (SSSR count). The first-order chi connectivity index (χ1) is 9.16. The summed E-state index contributed by atoms with van der Waals surface area (Å²) in [6, 6.07) is 5.67. The number of nitrogens with zero attached hydrogens (tertiary/aromatic N) is 3. The number of rotatable bonds is 2. The molecule has 1 aliphatic heterocycles. The number of aliphatic hydroxyl groups is 1. The summed E-state index contributed by atoms with van der Waals surface area (Å²) in [4.78, 5) is 14.3. The Kier molecular flexibility index (Phi) is 2.98. The highest BCUT2D eigenvalue weighted by Crippen LogP contribution is 2.22. The van der Waals surface area contributed by atoms with Gasteiger partial charge in [0.1, 0.15) is 0 Å². The van der Waals surface area contributed by atoms with Gasteiger partial charge in [0.2, 0.25) is 0 Å². The molecule has 3 heterocycles. The molecule has 2 unspecified atom stereocenters. The Morgan fingerprint density at radius 1 is 1.53 bits per heavy atom. The molecule has 0 saturated carbocycles. The van der Waals surface area contributed by atoms with Crippen LogP contribution in [0.4, 0.5) is 0 Å². The van der Waals surface area contributed by atoms with Crippen molar-refractivity contribution in [3.05, 3.63) is 36.2 Å². The number of pyridine rings is 1. The quantitative estimate of drug-likeness (QED) is 0.881. The van der Waals surface area contributed by atoms with E-state index in [1.165, 1.54) is 0 Å². The van der Waals surface area contributed by atoms with Crippen LogP contribution in [0.1, 0.15) is 23.7 Å². The second-order valence-corrected chi connectivity index (χ2v) is 5.13. The van der Waals surface area contributed by atoms with Crippen molar-refractivity contribution in [1.29, 1.82) is 0 Å². The Labute approximate surface area is 111 Å². The normalized spacial score (nSPS) is 20.9.